The lowest BCUT2D eigenvalue weighted by atomic mass is 9.87. The third kappa shape index (κ3) is 4.64. The molecule has 1 N–H and O–H groups in total. The number of morpholine rings is 1. The van der Waals surface area contributed by atoms with Gasteiger partial charge in [-0.15, -0.1) is 0 Å². The fourth-order valence-electron chi connectivity index (χ4n) is 4.93. The van der Waals surface area contributed by atoms with Crippen molar-refractivity contribution in [3.05, 3.63) is 41.5 Å². The number of hydrogen-bond donors (Lipinski definition) is 1. The van der Waals surface area contributed by atoms with Crippen LogP contribution in [-0.4, -0.2) is 83.1 Å². The number of cyclic esters (lactones) is 1. The summed E-state index contributed by atoms with van der Waals surface area (Å²) in [5.74, 6) is -4.63. The Morgan fingerprint density at radius 1 is 1.16 bits per heavy atom. The van der Waals surface area contributed by atoms with Crippen molar-refractivity contribution < 1.29 is 37.0 Å². The van der Waals surface area contributed by atoms with Crippen LogP contribution in [0.25, 0.3) is 0 Å². The van der Waals surface area contributed by atoms with Gasteiger partial charge in [0.1, 0.15) is 6.61 Å². The molecular weight excluding hydrogens is 509 g/mol. The first-order valence-corrected chi connectivity index (χ1v) is 12.2. The fraction of sp³-hybridized carbons (Fsp3) is 0.500. The van der Waals surface area contributed by atoms with Gasteiger partial charge in [0.25, 0.3) is 0 Å². The van der Waals surface area contributed by atoms with E-state index in [4.69, 9.17) is 9.47 Å². The van der Waals surface area contributed by atoms with Gasteiger partial charge >= 0.3 is 12.1 Å². The van der Waals surface area contributed by atoms with Crippen LogP contribution in [0.5, 0.6) is 0 Å². The minimum absolute atomic E-state index is 0.00635. The molecule has 2 fully saturated rings. The SMILES string of the molecule is C[C@H]1Cn2ncc(N3CC(C)(C(=O)N4CCOCC4)COC3=O)c2CN1C(=O)Nc1cc(F)c(F)c(F)c1. The first-order valence-electron chi connectivity index (χ1n) is 12.2. The number of rotatable bonds is 3. The van der Waals surface area contributed by atoms with E-state index in [1.165, 1.54) is 16.0 Å². The number of nitrogens with one attached hydrogen (secondary N) is 1. The molecule has 0 radical (unpaired) electrons. The number of benzene rings is 1. The Balaban J connectivity index is 1.36. The van der Waals surface area contributed by atoms with Crippen molar-refractivity contribution in [2.45, 2.75) is 33.0 Å². The molecule has 2 atom stereocenters. The number of ether oxygens (including phenoxy) is 2. The molecule has 1 aromatic heterocycles. The second-order valence-corrected chi connectivity index (χ2v) is 9.93. The van der Waals surface area contributed by atoms with Crippen molar-refractivity contribution in [1.82, 2.24) is 19.6 Å². The summed E-state index contributed by atoms with van der Waals surface area (Å²) in [6, 6.07) is 0.342. The molecule has 2 aromatic rings. The third-order valence-corrected chi connectivity index (χ3v) is 7.06. The van der Waals surface area contributed by atoms with Gasteiger partial charge in [-0.2, -0.15) is 5.10 Å². The van der Waals surface area contributed by atoms with Crippen LogP contribution in [-0.2, 0) is 27.4 Å². The van der Waals surface area contributed by atoms with E-state index >= 15 is 0 Å². The van der Waals surface area contributed by atoms with E-state index < -0.39 is 35.0 Å². The number of urea groups is 1. The van der Waals surface area contributed by atoms with Crippen molar-refractivity contribution in [2.24, 2.45) is 5.41 Å². The molecule has 4 heterocycles. The normalized spacial score (nSPS) is 23.7. The summed E-state index contributed by atoms with van der Waals surface area (Å²) in [4.78, 5) is 43.6. The van der Waals surface area contributed by atoms with Crippen molar-refractivity contribution in [1.29, 1.82) is 0 Å². The van der Waals surface area contributed by atoms with Crippen LogP contribution in [0.1, 0.15) is 19.5 Å². The summed E-state index contributed by atoms with van der Waals surface area (Å²) >= 11 is 0. The van der Waals surface area contributed by atoms with Gasteiger partial charge in [-0.25, -0.2) is 22.8 Å². The first-order chi connectivity index (χ1) is 18.1. The lowest BCUT2D eigenvalue weighted by Crippen LogP contribution is -2.58. The standard InChI is InChI=1S/C24H27F3N6O5/c1-14-10-33-19(11-31(14)22(35)29-15-7-16(25)20(27)17(26)8-15)18(9-28-33)32-12-24(2,13-38-23(32)36)21(34)30-3-5-37-6-4-30/h7-9,14H,3-6,10-13H2,1-2H3,(H,29,35)/t14-,24?/m0/s1. The van der Waals surface area contributed by atoms with Crippen LogP contribution in [0, 0.1) is 22.9 Å². The van der Waals surface area contributed by atoms with Crippen LogP contribution in [0.15, 0.2) is 18.3 Å². The van der Waals surface area contributed by atoms with Gasteiger partial charge in [0.05, 0.1) is 55.3 Å². The van der Waals surface area contributed by atoms with Gasteiger partial charge < -0.3 is 24.6 Å². The molecule has 4 amide bonds. The second kappa shape index (κ2) is 9.82. The maximum absolute atomic E-state index is 13.6. The number of fused-ring (bicyclic) bond motifs is 1. The van der Waals surface area contributed by atoms with Crippen LogP contribution < -0.4 is 10.2 Å². The zero-order valence-corrected chi connectivity index (χ0v) is 20.9. The van der Waals surface area contributed by atoms with Gasteiger partial charge in [-0.3, -0.25) is 14.4 Å². The average Bonchev–Trinajstić information content (AvgIpc) is 3.30. The molecule has 38 heavy (non-hydrogen) atoms. The molecule has 0 aliphatic carbocycles. The van der Waals surface area contributed by atoms with Crippen LogP contribution in [0.4, 0.5) is 34.1 Å². The zero-order chi connectivity index (χ0) is 27.2. The molecule has 3 aliphatic rings. The van der Waals surface area contributed by atoms with E-state index in [0.717, 1.165) is 0 Å². The molecule has 1 aromatic carbocycles. The number of carbonyl (C=O) groups is 3. The number of nitrogens with zero attached hydrogens (tertiary/aromatic N) is 5. The quantitative estimate of drug-likeness (QED) is 0.604. The Morgan fingerprint density at radius 3 is 2.53 bits per heavy atom. The number of carbonyl (C=O) groups excluding carboxylic acids is 3. The van der Waals surface area contributed by atoms with E-state index in [-0.39, 0.29) is 43.9 Å². The fourth-order valence-corrected chi connectivity index (χ4v) is 4.93. The smallest absolute Gasteiger partial charge is 0.414 e. The van der Waals surface area contributed by atoms with E-state index in [1.807, 2.05) is 0 Å². The molecule has 0 bridgehead atoms. The van der Waals surface area contributed by atoms with Crippen LogP contribution >= 0.6 is 0 Å². The predicted molar refractivity (Wildman–Crippen MR) is 127 cm³/mol. The average molecular weight is 537 g/mol. The Hall–Kier alpha value is -3.81. The van der Waals surface area contributed by atoms with Crippen LogP contribution in [0.2, 0.25) is 0 Å². The number of aromatic nitrogens is 2. The summed E-state index contributed by atoms with van der Waals surface area (Å²) in [5, 5.41) is 6.76. The van der Waals surface area contributed by atoms with Crippen molar-refractivity contribution in [3.63, 3.8) is 0 Å². The summed E-state index contributed by atoms with van der Waals surface area (Å²) in [6.07, 6.45) is 0.848. The number of halogens is 3. The van der Waals surface area contributed by atoms with Crippen molar-refractivity contribution >= 4 is 29.4 Å². The van der Waals surface area contributed by atoms with E-state index in [0.29, 0.717) is 49.8 Å². The van der Waals surface area contributed by atoms with Gasteiger partial charge in [0, 0.05) is 37.5 Å². The predicted octanol–water partition coefficient (Wildman–Crippen LogP) is 2.56. The van der Waals surface area contributed by atoms with E-state index in [9.17, 15) is 27.6 Å². The Bertz CT molecular complexity index is 1260. The van der Waals surface area contributed by atoms with Gasteiger partial charge in [0.2, 0.25) is 5.91 Å². The Morgan fingerprint density at radius 2 is 1.84 bits per heavy atom. The summed E-state index contributed by atoms with van der Waals surface area (Å²) < 4.78 is 53.0. The van der Waals surface area contributed by atoms with E-state index in [1.54, 1.807) is 23.4 Å². The van der Waals surface area contributed by atoms with Crippen molar-refractivity contribution in [3.8, 4) is 0 Å². The summed E-state index contributed by atoms with van der Waals surface area (Å²) in [6.45, 7) is 5.56. The number of anilines is 2. The monoisotopic (exact) mass is 536 g/mol. The maximum Gasteiger partial charge on any atom is 0.414 e. The molecule has 3 aliphatic heterocycles. The summed E-state index contributed by atoms with van der Waals surface area (Å²) in [5.41, 5.74) is -0.334. The maximum atomic E-state index is 13.6. The lowest BCUT2D eigenvalue weighted by Gasteiger charge is -2.42. The van der Waals surface area contributed by atoms with Gasteiger partial charge in [-0.1, -0.05) is 0 Å². The molecule has 5 rings (SSSR count). The molecule has 2 saturated heterocycles. The largest absolute Gasteiger partial charge is 0.448 e. The number of hydrogen-bond acceptors (Lipinski definition) is 6. The Labute approximate surface area is 216 Å². The lowest BCUT2D eigenvalue weighted by molar-refractivity contribution is -0.148. The van der Waals surface area contributed by atoms with Gasteiger partial charge in [0.15, 0.2) is 17.5 Å². The number of amides is 4. The minimum Gasteiger partial charge on any atom is -0.448 e. The highest BCUT2D eigenvalue weighted by atomic mass is 19.2. The van der Waals surface area contributed by atoms with E-state index in [2.05, 4.69) is 10.4 Å². The molecule has 0 spiro atoms. The molecule has 1 unspecified atom stereocenters. The van der Waals surface area contributed by atoms with Crippen molar-refractivity contribution in [2.75, 3.05) is 49.7 Å². The highest BCUT2D eigenvalue weighted by Crippen LogP contribution is 2.34. The minimum atomic E-state index is -1.63. The molecule has 0 saturated carbocycles. The highest BCUT2D eigenvalue weighted by Gasteiger charge is 2.46. The second-order valence-electron chi connectivity index (χ2n) is 9.93. The topological polar surface area (TPSA) is 109 Å². The highest BCUT2D eigenvalue weighted by molar-refractivity contribution is 5.93. The Kier molecular flexibility index (Phi) is 6.67. The first kappa shape index (κ1) is 25.8. The third-order valence-electron chi connectivity index (χ3n) is 7.06. The van der Waals surface area contributed by atoms with Gasteiger partial charge in [-0.05, 0) is 13.8 Å². The molecule has 11 nitrogen and oxygen atoms in total. The van der Waals surface area contributed by atoms with Crippen LogP contribution in [0.3, 0.4) is 0 Å². The molecular formula is C24H27F3N6O5. The summed E-state index contributed by atoms with van der Waals surface area (Å²) in [7, 11) is 0. The zero-order valence-electron chi connectivity index (χ0n) is 20.9. The molecule has 204 valence electrons. The molecule has 14 heteroatoms.